The lowest BCUT2D eigenvalue weighted by Gasteiger charge is -2.13. The van der Waals surface area contributed by atoms with E-state index < -0.39 is 5.38 Å². The first-order valence-corrected chi connectivity index (χ1v) is 5.53. The Morgan fingerprint density at radius 2 is 2.20 bits per heavy atom. The molecule has 1 aromatic rings. The Balaban J connectivity index is 2.97. The summed E-state index contributed by atoms with van der Waals surface area (Å²) in [5.41, 5.74) is 3.11. The zero-order valence-corrected chi connectivity index (χ0v) is 10.1. The van der Waals surface area contributed by atoms with Gasteiger partial charge in [-0.1, -0.05) is 25.1 Å². The first-order chi connectivity index (χ1) is 7.06. The number of amides is 1. The summed E-state index contributed by atoms with van der Waals surface area (Å²) in [6.45, 7) is 5.71. The van der Waals surface area contributed by atoms with E-state index in [1.54, 1.807) is 6.92 Å². The summed E-state index contributed by atoms with van der Waals surface area (Å²) in [4.78, 5) is 11.5. The van der Waals surface area contributed by atoms with Crippen LogP contribution in [0.3, 0.4) is 0 Å². The number of rotatable bonds is 3. The van der Waals surface area contributed by atoms with Gasteiger partial charge in [0.25, 0.3) is 0 Å². The highest BCUT2D eigenvalue weighted by atomic mass is 35.5. The van der Waals surface area contributed by atoms with Gasteiger partial charge in [-0.25, -0.2) is 0 Å². The molecule has 0 aliphatic heterocycles. The number of anilines is 1. The number of halogens is 1. The van der Waals surface area contributed by atoms with Crippen molar-refractivity contribution in [3.63, 3.8) is 0 Å². The fourth-order valence-electron chi connectivity index (χ4n) is 1.42. The lowest BCUT2D eigenvalue weighted by molar-refractivity contribution is -0.115. The molecule has 1 aromatic carbocycles. The normalized spacial score (nSPS) is 12.3. The number of nitrogens with one attached hydrogen (secondary N) is 1. The van der Waals surface area contributed by atoms with Gasteiger partial charge in [0.15, 0.2) is 0 Å². The molecule has 1 amide bonds. The van der Waals surface area contributed by atoms with Crippen LogP contribution in [0.25, 0.3) is 0 Å². The number of hydrogen-bond acceptors (Lipinski definition) is 1. The predicted molar refractivity (Wildman–Crippen MR) is 64.5 cm³/mol. The van der Waals surface area contributed by atoms with E-state index in [0.29, 0.717) is 0 Å². The topological polar surface area (TPSA) is 29.1 Å². The molecule has 2 nitrogen and oxygen atoms in total. The number of aryl methyl sites for hydroxylation is 2. The van der Waals surface area contributed by atoms with Crippen LogP contribution in [0.4, 0.5) is 5.69 Å². The van der Waals surface area contributed by atoms with Crippen molar-refractivity contribution in [3.05, 3.63) is 29.3 Å². The van der Waals surface area contributed by atoms with Gasteiger partial charge >= 0.3 is 0 Å². The average molecular weight is 226 g/mol. The maximum atomic E-state index is 11.5. The lowest BCUT2D eigenvalue weighted by Crippen LogP contribution is -2.21. The summed E-state index contributed by atoms with van der Waals surface area (Å²) in [5.74, 6) is -0.152. The average Bonchev–Trinajstić information content (AvgIpc) is 2.20. The maximum Gasteiger partial charge on any atom is 0.242 e. The van der Waals surface area contributed by atoms with Crippen LogP contribution in [0.15, 0.2) is 18.2 Å². The second-order valence-electron chi connectivity index (χ2n) is 3.57. The van der Waals surface area contributed by atoms with Gasteiger partial charge in [0.2, 0.25) is 5.91 Å². The molecule has 1 atom stereocenters. The second-order valence-corrected chi connectivity index (χ2v) is 4.22. The van der Waals surface area contributed by atoms with E-state index >= 15 is 0 Å². The quantitative estimate of drug-likeness (QED) is 0.787. The molecule has 3 heteroatoms. The van der Waals surface area contributed by atoms with Gasteiger partial charge < -0.3 is 5.32 Å². The molecule has 0 aliphatic carbocycles. The molecule has 82 valence electrons. The highest BCUT2D eigenvalue weighted by molar-refractivity contribution is 6.32. The molecule has 0 spiro atoms. The van der Waals surface area contributed by atoms with Crippen LogP contribution < -0.4 is 5.32 Å². The summed E-state index contributed by atoms with van der Waals surface area (Å²) in [7, 11) is 0. The number of benzene rings is 1. The summed E-state index contributed by atoms with van der Waals surface area (Å²) in [5, 5.41) is 2.35. The van der Waals surface area contributed by atoms with E-state index in [9.17, 15) is 4.79 Å². The van der Waals surface area contributed by atoms with Crippen molar-refractivity contribution in [2.75, 3.05) is 5.32 Å². The standard InChI is InChI=1S/C12H16ClNO/c1-4-10-7-5-6-8(2)11(10)14-12(15)9(3)13/h5-7,9H,4H2,1-3H3,(H,14,15). The Kier molecular flexibility index (Phi) is 4.15. The maximum absolute atomic E-state index is 11.5. The van der Waals surface area contributed by atoms with Gasteiger partial charge in [0.05, 0.1) is 0 Å². The summed E-state index contributed by atoms with van der Waals surface area (Å²) >= 11 is 5.71. The summed E-state index contributed by atoms with van der Waals surface area (Å²) in [6, 6.07) is 5.99. The number of para-hydroxylation sites is 1. The molecule has 0 saturated heterocycles. The van der Waals surface area contributed by atoms with Crippen LogP contribution in [0.1, 0.15) is 25.0 Å². The molecule has 1 rings (SSSR count). The molecular formula is C12H16ClNO. The largest absolute Gasteiger partial charge is 0.324 e. The molecule has 1 unspecified atom stereocenters. The van der Waals surface area contributed by atoms with Crippen molar-refractivity contribution in [2.24, 2.45) is 0 Å². The third-order valence-electron chi connectivity index (χ3n) is 2.35. The first-order valence-electron chi connectivity index (χ1n) is 5.09. The Bertz CT molecular complexity index is 361. The van der Waals surface area contributed by atoms with Crippen LogP contribution in [-0.2, 0) is 11.2 Å². The lowest BCUT2D eigenvalue weighted by atomic mass is 10.1. The predicted octanol–water partition coefficient (Wildman–Crippen LogP) is 3.12. The zero-order valence-electron chi connectivity index (χ0n) is 9.30. The van der Waals surface area contributed by atoms with Crippen molar-refractivity contribution in [1.82, 2.24) is 0 Å². The fraction of sp³-hybridized carbons (Fsp3) is 0.417. The van der Waals surface area contributed by atoms with Crippen molar-refractivity contribution in [3.8, 4) is 0 Å². The molecule has 0 bridgehead atoms. The van der Waals surface area contributed by atoms with Crippen molar-refractivity contribution < 1.29 is 4.79 Å². The molecule has 15 heavy (non-hydrogen) atoms. The Hall–Kier alpha value is -1.02. The van der Waals surface area contributed by atoms with Gasteiger partial charge in [-0.05, 0) is 31.4 Å². The Labute approximate surface area is 95.6 Å². The van der Waals surface area contributed by atoms with Gasteiger partial charge in [-0.15, -0.1) is 11.6 Å². The molecule has 0 radical (unpaired) electrons. The number of carbonyl (C=O) groups excluding carboxylic acids is 1. The van der Waals surface area contributed by atoms with Crippen LogP contribution in [0, 0.1) is 6.92 Å². The van der Waals surface area contributed by atoms with Crippen LogP contribution in [0.5, 0.6) is 0 Å². The van der Waals surface area contributed by atoms with Crippen molar-refractivity contribution in [1.29, 1.82) is 0 Å². The molecule has 0 saturated carbocycles. The van der Waals surface area contributed by atoms with E-state index in [1.165, 1.54) is 0 Å². The molecule has 0 aliphatic rings. The third-order valence-corrected chi connectivity index (χ3v) is 2.55. The smallest absolute Gasteiger partial charge is 0.242 e. The van der Waals surface area contributed by atoms with E-state index in [1.807, 2.05) is 25.1 Å². The molecule has 0 heterocycles. The summed E-state index contributed by atoms with van der Waals surface area (Å²) < 4.78 is 0. The fourth-order valence-corrected chi connectivity index (χ4v) is 1.48. The molecule has 0 fully saturated rings. The minimum atomic E-state index is -0.505. The number of alkyl halides is 1. The SMILES string of the molecule is CCc1cccc(C)c1NC(=O)C(C)Cl. The Morgan fingerprint density at radius 3 is 2.73 bits per heavy atom. The minimum Gasteiger partial charge on any atom is -0.324 e. The Morgan fingerprint density at radius 1 is 1.53 bits per heavy atom. The van der Waals surface area contributed by atoms with Crippen LogP contribution >= 0.6 is 11.6 Å². The van der Waals surface area contributed by atoms with Gasteiger partial charge in [-0.3, -0.25) is 4.79 Å². The highest BCUT2D eigenvalue weighted by Gasteiger charge is 2.12. The highest BCUT2D eigenvalue weighted by Crippen LogP contribution is 2.21. The molecule has 0 aromatic heterocycles. The van der Waals surface area contributed by atoms with E-state index in [2.05, 4.69) is 12.2 Å². The molecular weight excluding hydrogens is 210 g/mol. The van der Waals surface area contributed by atoms with E-state index in [0.717, 1.165) is 23.2 Å². The first kappa shape index (κ1) is 12.1. The minimum absolute atomic E-state index is 0.152. The number of hydrogen-bond donors (Lipinski definition) is 1. The number of carbonyl (C=O) groups is 1. The second kappa shape index (κ2) is 5.17. The van der Waals surface area contributed by atoms with Crippen molar-refractivity contribution >= 4 is 23.2 Å². The summed E-state index contributed by atoms with van der Waals surface area (Å²) in [6.07, 6.45) is 0.897. The van der Waals surface area contributed by atoms with E-state index in [-0.39, 0.29) is 5.91 Å². The monoisotopic (exact) mass is 225 g/mol. The van der Waals surface area contributed by atoms with E-state index in [4.69, 9.17) is 11.6 Å². The van der Waals surface area contributed by atoms with Gasteiger partial charge in [0.1, 0.15) is 5.38 Å². The third kappa shape index (κ3) is 2.96. The van der Waals surface area contributed by atoms with Gasteiger partial charge in [0, 0.05) is 5.69 Å². The van der Waals surface area contributed by atoms with Crippen LogP contribution in [-0.4, -0.2) is 11.3 Å². The zero-order chi connectivity index (χ0) is 11.4. The van der Waals surface area contributed by atoms with Gasteiger partial charge in [-0.2, -0.15) is 0 Å². The van der Waals surface area contributed by atoms with Crippen LogP contribution in [0.2, 0.25) is 0 Å². The van der Waals surface area contributed by atoms with Crippen molar-refractivity contribution in [2.45, 2.75) is 32.6 Å². The molecule has 1 N–H and O–H groups in total.